The minimum absolute atomic E-state index is 0.479. The van der Waals surface area contributed by atoms with Gasteiger partial charge in [-0.15, -0.1) is 0 Å². The number of carbonyl (C=O) groups excluding carboxylic acids is 2. The van der Waals surface area contributed by atoms with Crippen LogP contribution in [0, 0.1) is 6.92 Å². The zero-order valence-corrected chi connectivity index (χ0v) is 15.8. The van der Waals surface area contributed by atoms with Gasteiger partial charge in [0.15, 0.2) is 0 Å². The topological polar surface area (TPSA) is 52.7 Å². The van der Waals surface area contributed by atoms with Crippen molar-refractivity contribution in [2.24, 2.45) is 0 Å². The third kappa shape index (κ3) is 4.29. The number of halogens is 2. The molecule has 5 nitrogen and oxygen atoms in total. The Morgan fingerprint density at radius 2 is 1.65 bits per heavy atom. The molecule has 0 unspecified atom stereocenters. The number of piperazine rings is 1. The summed E-state index contributed by atoms with van der Waals surface area (Å²) >= 11 is 12.0. The highest BCUT2D eigenvalue weighted by molar-refractivity contribution is 6.40. The monoisotopic (exact) mass is 391 g/mol. The van der Waals surface area contributed by atoms with Gasteiger partial charge in [-0.1, -0.05) is 35.3 Å². The molecule has 0 saturated carbocycles. The number of benzene rings is 2. The molecule has 136 valence electrons. The lowest BCUT2D eigenvalue weighted by Gasteiger charge is -2.35. The van der Waals surface area contributed by atoms with Crippen molar-refractivity contribution in [1.82, 2.24) is 4.90 Å². The first-order valence-corrected chi connectivity index (χ1v) is 9.06. The van der Waals surface area contributed by atoms with Crippen molar-refractivity contribution in [2.75, 3.05) is 36.4 Å². The van der Waals surface area contributed by atoms with Crippen molar-refractivity contribution in [1.29, 1.82) is 0 Å². The molecule has 7 heteroatoms. The third-order valence-electron chi connectivity index (χ3n) is 4.38. The van der Waals surface area contributed by atoms with Crippen molar-refractivity contribution in [3.8, 4) is 0 Å². The molecule has 0 aliphatic carbocycles. The molecule has 3 rings (SSSR count). The Hall–Kier alpha value is -2.24. The Morgan fingerprint density at radius 1 is 0.962 bits per heavy atom. The van der Waals surface area contributed by atoms with E-state index in [1.807, 2.05) is 31.2 Å². The number of carbonyl (C=O) groups is 2. The summed E-state index contributed by atoms with van der Waals surface area (Å²) in [6, 6.07) is 12.8. The van der Waals surface area contributed by atoms with E-state index in [1.165, 1.54) is 0 Å². The first kappa shape index (κ1) is 18.5. The van der Waals surface area contributed by atoms with Crippen molar-refractivity contribution >= 4 is 46.4 Å². The van der Waals surface area contributed by atoms with Gasteiger partial charge in [-0.25, -0.2) is 0 Å². The zero-order valence-electron chi connectivity index (χ0n) is 14.3. The first-order valence-electron chi connectivity index (χ1n) is 8.31. The van der Waals surface area contributed by atoms with E-state index in [-0.39, 0.29) is 0 Å². The number of hydrogen-bond donors (Lipinski definition) is 1. The number of hydrogen-bond acceptors (Lipinski definition) is 3. The summed E-state index contributed by atoms with van der Waals surface area (Å²) < 4.78 is 0. The van der Waals surface area contributed by atoms with Crippen molar-refractivity contribution in [2.45, 2.75) is 6.92 Å². The lowest BCUT2D eigenvalue weighted by Crippen LogP contribution is -2.51. The van der Waals surface area contributed by atoms with Crippen LogP contribution in [0.15, 0.2) is 42.5 Å². The number of aryl methyl sites for hydroxylation is 1. The summed E-state index contributed by atoms with van der Waals surface area (Å²) in [4.78, 5) is 28.4. The van der Waals surface area contributed by atoms with Crippen LogP contribution in [-0.4, -0.2) is 42.9 Å². The van der Waals surface area contributed by atoms with E-state index < -0.39 is 11.8 Å². The minimum atomic E-state index is -0.647. The van der Waals surface area contributed by atoms with Gasteiger partial charge in [0.25, 0.3) is 0 Å². The summed E-state index contributed by atoms with van der Waals surface area (Å²) in [6.07, 6.45) is 0. The molecule has 0 bridgehead atoms. The minimum Gasteiger partial charge on any atom is -0.368 e. The average Bonchev–Trinajstić information content (AvgIpc) is 2.64. The molecule has 2 aromatic rings. The van der Waals surface area contributed by atoms with Gasteiger partial charge >= 0.3 is 11.8 Å². The molecule has 1 N–H and O–H groups in total. The summed E-state index contributed by atoms with van der Waals surface area (Å²) in [5.74, 6) is -1.18. The predicted octanol–water partition coefficient (Wildman–Crippen LogP) is 3.59. The predicted molar refractivity (Wildman–Crippen MR) is 105 cm³/mol. The molecule has 26 heavy (non-hydrogen) atoms. The molecule has 1 aliphatic heterocycles. The fourth-order valence-electron chi connectivity index (χ4n) is 2.89. The summed E-state index contributed by atoms with van der Waals surface area (Å²) in [5.41, 5.74) is 2.42. The average molecular weight is 392 g/mol. The Bertz CT molecular complexity index is 833. The van der Waals surface area contributed by atoms with Gasteiger partial charge in [-0.3, -0.25) is 9.59 Å². The van der Waals surface area contributed by atoms with Crippen molar-refractivity contribution in [3.63, 3.8) is 0 Å². The molecule has 1 saturated heterocycles. The summed E-state index contributed by atoms with van der Waals surface area (Å²) in [6.45, 7) is 4.10. The van der Waals surface area contributed by atoms with Gasteiger partial charge in [0.05, 0.1) is 0 Å². The van der Waals surface area contributed by atoms with Gasteiger partial charge in [0.1, 0.15) is 0 Å². The first-order chi connectivity index (χ1) is 12.4. The smallest absolute Gasteiger partial charge is 0.313 e. The van der Waals surface area contributed by atoms with Gasteiger partial charge < -0.3 is 15.1 Å². The van der Waals surface area contributed by atoms with Crippen molar-refractivity contribution in [3.05, 3.63) is 58.1 Å². The highest BCUT2D eigenvalue weighted by atomic mass is 35.5. The van der Waals surface area contributed by atoms with Crippen LogP contribution in [0.2, 0.25) is 10.0 Å². The van der Waals surface area contributed by atoms with E-state index in [4.69, 9.17) is 23.2 Å². The van der Waals surface area contributed by atoms with Crippen LogP contribution in [-0.2, 0) is 9.59 Å². The summed E-state index contributed by atoms with van der Waals surface area (Å²) in [7, 11) is 0. The Labute approximate surface area is 162 Å². The Balaban J connectivity index is 1.59. The number of nitrogens with zero attached hydrogens (tertiary/aromatic N) is 2. The van der Waals surface area contributed by atoms with Crippen LogP contribution < -0.4 is 10.2 Å². The van der Waals surface area contributed by atoms with E-state index in [1.54, 1.807) is 23.1 Å². The number of nitrogens with one attached hydrogen (secondary N) is 1. The van der Waals surface area contributed by atoms with E-state index in [2.05, 4.69) is 10.2 Å². The quantitative estimate of drug-likeness (QED) is 0.795. The van der Waals surface area contributed by atoms with Crippen molar-refractivity contribution < 1.29 is 9.59 Å². The molecular formula is C19H19Cl2N3O2. The van der Waals surface area contributed by atoms with Gasteiger partial charge in [0.2, 0.25) is 0 Å². The maximum atomic E-state index is 12.4. The zero-order chi connectivity index (χ0) is 18.7. The maximum Gasteiger partial charge on any atom is 0.313 e. The van der Waals surface area contributed by atoms with E-state index in [9.17, 15) is 9.59 Å². The molecular weight excluding hydrogens is 373 g/mol. The maximum absolute atomic E-state index is 12.4. The molecule has 2 amide bonds. The molecule has 1 aliphatic rings. The highest BCUT2D eigenvalue weighted by Crippen LogP contribution is 2.22. The molecule has 0 aromatic heterocycles. The van der Waals surface area contributed by atoms with Crippen LogP contribution in [0.25, 0.3) is 0 Å². The van der Waals surface area contributed by atoms with E-state index in [0.29, 0.717) is 41.9 Å². The second-order valence-corrected chi connectivity index (χ2v) is 7.05. The van der Waals surface area contributed by atoms with Crippen LogP contribution in [0.5, 0.6) is 0 Å². The van der Waals surface area contributed by atoms with Crippen LogP contribution in [0.4, 0.5) is 11.4 Å². The van der Waals surface area contributed by atoms with Crippen LogP contribution >= 0.6 is 23.2 Å². The molecule has 1 heterocycles. The largest absolute Gasteiger partial charge is 0.368 e. The SMILES string of the molecule is Cc1ccc(Cl)cc1NC(=O)C(=O)N1CCN(c2cccc(Cl)c2)CC1. The molecule has 2 aromatic carbocycles. The number of rotatable bonds is 2. The van der Waals surface area contributed by atoms with E-state index >= 15 is 0 Å². The van der Waals surface area contributed by atoms with Crippen LogP contribution in [0.3, 0.4) is 0 Å². The second-order valence-electron chi connectivity index (χ2n) is 6.17. The third-order valence-corrected chi connectivity index (χ3v) is 4.85. The normalized spacial score (nSPS) is 14.3. The fraction of sp³-hybridized carbons (Fsp3) is 0.263. The lowest BCUT2D eigenvalue weighted by molar-refractivity contribution is -0.143. The number of anilines is 2. The number of amides is 2. The van der Waals surface area contributed by atoms with Crippen LogP contribution in [0.1, 0.15) is 5.56 Å². The fourth-order valence-corrected chi connectivity index (χ4v) is 3.25. The van der Waals surface area contributed by atoms with E-state index in [0.717, 1.165) is 11.3 Å². The van der Waals surface area contributed by atoms with Gasteiger partial charge in [-0.05, 0) is 42.8 Å². The highest BCUT2D eigenvalue weighted by Gasteiger charge is 2.26. The Morgan fingerprint density at radius 3 is 2.35 bits per heavy atom. The standard InChI is InChI=1S/C19H19Cl2N3O2/c1-13-5-6-15(21)12-17(13)22-18(25)19(26)24-9-7-23(8-10-24)16-4-2-3-14(20)11-16/h2-6,11-12H,7-10H2,1H3,(H,22,25). The molecule has 0 atom stereocenters. The molecule has 0 radical (unpaired) electrons. The summed E-state index contributed by atoms with van der Waals surface area (Å²) in [5, 5.41) is 3.84. The molecule has 0 spiro atoms. The van der Waals surface area contributed by atoms with Gasteiger partial charge in [0, 0.05) is 47.6 Å². The Kier molecular flexibility index (Phi) is 5.69. The molecule has 1 fully saturated rings. The second kappa shape index (κ2) is 7.98. The van der Waals surface area contributed by atoms with Gasteiger partial charge in [-0.2, -0.15) is 0 Å². The lowest BCUT2D eigenvalue weighted by atomic mass is 10.2.